The molecule has 0 saturated heterocycles. The van der Waals surface area contributed by atoms with Crippen LogP contribution in [-0.2, 0) is 4.79 Å². The second kappa shape index (κ2) is 9.17. The maximum absolute atomic E-state index is 12.7. The van der Waals surface area contributed by atoms with Crippen LogP contribution in [0.1, 0.15) is 47.5 Å². The molecule has 32 heavy (non-hydrogen) atoms. The van der Waals surface area contributed by atoms with Crippen LogP contribution in [0.15, 0.2) is 48.7 Å². The SMILES string of the molecule is O=C(O[n+]1cc(C(=O)C(F)(F)F)ccc1NC1CCC(c2ccccc2)CC1)C(F)(F)F. The maximum atomic E-state index is 12.7. The molecule has 5 nitrogen and oxygen atoms in total. The van der Waals surface area contributed by atoms with Crippen LogP contribution in [0.3, 0.4) is 0 Å². The van der Waals surface area contributed by atoms with Gasteiger partial charge in [0.15, 0.2) is 0 Å². The van der Waals surface area contributed by atoms with E-state index in [-0.39, 0.29) is 16.6 Å². The number of aromatic nitrogens is 1. The number of alkyl halides is 6. The first-order valence-electron chi connectivity index (χ1n) is 9.73. The van der Waals surface area contributed by atoms with Gasteiger partial charge in [0.05, 0.1) is 11.6 Å². The van der Waals surface area contributed by atoms with E-state index >= 15 is 0 Å². The van der Waals surface area contributed by atoms with Crippen molar-refractivity contribution in [3.05, 3.63) is 59.8 Å². The molecule has 1 aliphatic rings. The van der Waals surface area contributed by atoms with E-state index in [2.05, 4.69) is 10.2 Å². The fourth-order valence-electron chi connectivity index (χ4n) is 3.61. The van der Waals surface area contributed by atoms with E-state index in [0.717, 1.165) is 25.0 Å². The van der Waals surface area contributed by atoms with Crippen LogP contribution in [0.2, 0.25) is 0 Å². The first kappa shape index (κ1) is 23.6. The van der Waals surface area contributed by atoms with E-state index in [0.29, 0.717) is 25.0 Å². The molecule has 1 saturated carbocycles. The molecule has 1 aliphatic carbocycles. The molecule has 0 unspecified atom stereocenters. The molecule has 1 fully saturated rings. The van der Waals surface area contributed by atoms with Gasteiger partial charge >= 0.3 is 24.1 Å². The average molecular weight is 461 g/mol. The number of hydrogen-bond acceptors (Lipinski definition) is 4. The fraction of sp³-hybridized carbons (Fsp3) is 0.381. The summed E-state index contributed by atoms with van der Waals surface area (Å²) in [5.41, 5.74) is 0.209. The molecule has 172 valence electrons. The molecular weight excluding hydrogens is 442 g/mol. The highest BCUT2D eigenvalue weighted by molar-refractivity contribution is 5.99. The van der Waals surface area contributed by atoms with Crippen LogP contribution < -0.4 is 14.9 Å². The molecule has 0 atom stereocenters. The zero-order valence-corrected chi connectivity index (χ0v) is 16.5. The van der Waals surface area contributed by atoms with Gasteiger partial charge in [-0.3, -0.25) is 10.1 Å². The third-order valence-corrected chi connectivity index (χ3v) is 5.20. The second-order valence-corrected chi connectivity index (χ2v) is 7.44. The van der Waals surface area contributed by atoms with Crippen LogP contribution in [0.25, 0.3) is 0 Å². The van der Waals surface area contributed by atoms with Gasteiger partial charge < -0.3 is 0 Å². The molecule has 0 radical (unpaired) electrons. The number of ketones is 1. The molecule has 0 bridgehead atoms. The normalized spacial score (nSPS) is 19.3. The Balaban J connectivity index is 1.77. The number of nitrogens with zero attached hydrogens (tertiary/aromatic N) is 1. The summed E-state index contributed by atoms with van der Waals surface area (Å²) in [6.45, 7) is 0. The highest BCUT2D eigenvalue weighted by Crippen LogP contribution is 2.33. The number of hydrogen-bond donors (Lipinski definition) is 1. The Morgan fingerprint density at radius 3 is 2.06 bits per heavy atom. The van der Waals surface area contributed by atoms with E-state index in [9.17, 15) is 35.9 Å². The Labute approximate surface area is 178 Å². The minimum atomic E-state index is -5.37. The fourth-order valence-corrected chi connectivity index (χ4v) is 3.61. The van der Waals surface area contributed by atoms with Crippen LogP contribution in [-0.4, -0.2) is 30.1 Å². The first-order valence-corrected chi connectivity index (χ1v) is 9.73. The van der Waals surface area contributed by atoms with Crippen molar-refractivity contribution in [2.24, 2.45) is 0 Å². The Kier molecular flexibility index (Phi) is 6.75. The molecular formula is C21H19F6N2O3+. The number of nitrogens with one attached hydrogen (secondary N) is 1. The number of rotatable bonds is 5. The van der Waals surface area contributed by atoms with Gasteiger partial charge in [0.1, 0.15) is 6.20 Å². The molecule has 0 aliphatic heterocycles. The Hall–Kier alpha value is -3.11. The van der Waals surface area contributed by atoms with Crippen molar-refractivity contribution in [2.75, 3.05) is 5.32 Å². The van der Waals surface area contributed by atoms with Crippen molar-refractivity contribution in [3.8, 4) is 0 Å². The Morgan fingerprint density at radius 1 is 0.875 bits per heavy atom. The van der Waals surface area contributed by atoms with E-state index in [1.165, 1.54) is 5.56 Å². The molecule has 1 aromatic carbocycles. The van der Waals surface area contributed by atoms with Crippen LogP contribution in [0.5, 0.6) is 0 Å². The summed E-state index contributed by atoms with van der Waals surface area (Å²) in [5.74, 6) is -4.76. The van der Waals surface area contributed by atoms with Crippen molar-refractivity contribution < 1.29 is 45.5 Å². The van der Waals surface area contributed by atoms with Crippen LogP contribution in [0, 0.1) is 0 Å². The van der Waals surface area contributed by atoms with E-state index < -0.39 is 29.7 Å². The van der Waals surface area contributed by atoms with Crippen molar-refractivity contribution in [3.63, 3.8) is 0 Å². The molecule has 3 rings (SSSR count). The van der Waals surface area contributed by atoms with E-state index in [4.69, 9.17) is 0 Å². The van der Waals surface area contributed by atoms with Crippen molar-refractivity contribution in [1.82, 2.24) is 0 Å². The molecule has 0 spiro atoms. The maximum Gasteiger partial charge on any atom is 0.495 e. The number of carbonyl (C=O) groups excluding carboxylic acids is 2. The molecule has 11 heteroatoms. The van der Waals surface area contributed by atoms with E-state index in [1.807, 2.05) is 30.3 Å². The minimum Gasteiger partial charge on any atom is -0.284 e. The molecule has 1 heterocycles. The van der Waals surface area contributed by atoms with Gasteiger partial charge in [0.25, 0.3) is 5.78 Å². The smallest absolute Gasteiger partial charge is 0.284 e. The molecule has 1 aromatic heterocycles. The summed E-state index contributed by atoms with van der Waals surface area (Å²) in [5, 5.41) is 2.91. The summed E-state index contributed by atoms with van der Waals surface area (Å²) in [6, 6.07) is 11.4. The molecule has 2 aromatic rings. The third-order valence-electron chi connectivity index (χ3n) is 5.20. The number of anilines is 1. The summed E-state index contributed by atoms with van der Waals surface area (Å²) in [4.78, 5) is 26.9. The third kappa shape index (κ3) is 5.77. The van der Waals surface area contributed by atoms with Crippen molar-refractivity contribution in [2.45, 2.75) is 50.0 Å². The summed E-state index contributed by atoms with van der Waals surface area (Å²) < 4.78 is 76.2. The van der Waals surface area contributed by atoms with Gasteiger partial charge in [0, 0.05) is 6.07 Å². The molecule has 0 amide bonds. The predicted octanol–water partition coefficient (Wildman–Crippen LogP) is 4.37. The number of pyridine rings is 1. The largest absolute Gasteiger partial charge is 0.495 e. The van der Waals surface area contributed by atoms with Gasteiger partial charge in [-0.05, 0) is 48.0 Å². The lowest BCUT2D eigenvalue weighted by Crippen LogP contribution is -2.53. The predicted molar refractivity (Wildman–Crippen MR) is 99.7 cm³/mol. The van der Waals surface area contributed by atoms with Gasteiger partial charge in [0.2, 0.25) is 0 Å². The highest BCUT2D eigenvalue weighted by Gasteiger charge is 2.45. The summed E-state index contributed by atoms with van der Waals surface area (Å²) in [6.07, 6.45) is -7.36. The Morgan fingerprint density at radius 2 is 1.50 bits per heavy atom. The zero-order chi connectivity index (χ0) is 23.5. The topological polar surface area (TPSA) is 59.3 Å². The van der Waals surface area contributed by atoms with Gasteiger partial charge in [-0.1, -0.05) is 30.3 Å². The van der Waals surface area contributed by atoms with Crippen LogP contribution >= 0.6 is 0 Å². The first-order chi connectivity index (χ1) is 14.9. The minimum absolute atomic E-state index is 0.176. The van der Waals surface area contributed by atoms with E-state index in [1.54, 1.807) is 0 Å². The van der Waals surface area contributed by atoms with Gasteiger partial charge in [-0.2, -0.15) is 26.3 Å². The van der Waals surface area contributed by atoms with Gasteiger partial charge in [-0.25, -0.2) is 9.63 Å². The lowest BCUT2D eigenvalue weighted by atomic mass is 9.82. The number of halogens is 6. The molecule has 1 N–H and O–H groups in total. The summed E-state index contributed by atoms with van der Waals surface area (Å²) >= 11 is 0. The zero-order valence-electron chi connectivity index (χ0n) is 16.5. The highest BCUT2D eigenvalue weighted by atomic mass is 19.4. The standard InChI is InChI=1S/C21H18F6N2O3/c22-20(23,24)18(30)15-8-11-17(29(12-15)32-19(31)21(25,26)27)28-16-9-6-14(7-10-16)13-4-2-1-3-5-13/h1-5,8,11-12,14,16H,6-7,9-10H2/p+1. The number of Topliss-reactive ketones (excluding diaryl/α,β-unsaturated/α-hetero) is 1. The van der Waals surface area contributed by atoms with Gasteiger partial charge in [-0.15, -0.1) is 0 Å². The van der Waals surface area contributed by atoms with Crippen molar-refractivity contribution >= 4 is 17.6 Å². The average Bonchev–Trinajstić information content (AvgIpc) is 2.74. The second-order valence-electron chi connectivity index (χ2n) is 7.44. The lowest BCUT2D eigenvalue weighted by molar-refractivity contribution is -0.859. The number of benzene rings is 1. The van der Waals surface area contributed by atoms with Crippen molar-refractivity contribution in [1.29, 1.82) is 0 Å². The lowest BCUT2D eigenvalue weighted by Gasteiger charge is -2.27. The summed E-state index contributed by atoms with van der Waals surface area (Å²) in [7, 11) is 0. The van der Waals surface area contributed by atoms with Crippen LogP contribution in [0.4, 0.5) is 32.2 Å². The monoisotopic (exact) mass is 461 g/mol. The quantitative estimate of drug-likeness (QED) is 0.408. The number of carbonyl (C=O) groups is 2. The Bertz CT molecular complexity index is 968.